The van der Waals surface area contributed by atoms with Gasteiger partial charge in [-0.15, -0.1) is 0 Å². The number of rotatable bonds is 8. The smallest absolute Gasteiger partial charge is 0.378 e. The van der Waals surface area contributed by atoms with E-state index in [0.717, 1.165) is 24.3 Å². The molecule has 0 bridgehead atoms. The Kier molecular flexibility index (Phi) is 9.53. The first-order valence-corrected chi connectivity index (χ1v) is 14.7. The van der Waals surface area contributed by atoms with Crippen molar-refractivity contribution < 1.29 is 44.3 Å². The predicted octanol–water partition coefficient (Wildman–Crippen LogP) is 6.08. The molecule has 1 aromatic heterocycles. The van der Waals surface area contributed by atoms with E-state index in [2.05, 4.69) is 9.71 Å². The van der Waals surface area contributed by atoms with Crippen LogP contribution < -0.4 is 4.72 Å². The molecule has 0 spiro atoms. The molecule has 42 heavy (non-hydrogen) atoms. The zero-order valence-corrected chi connectivity index (χ0v) is 23.2. The minimum Gasteiger partial charge on any atom is -0.378 e. The van der Waals surface area contributed by atoms with Gasteiger partial charge in [0.2, 0.25) is 15.9 Å². The quantitative estimate of drug-likeness (QED) is 0.240. The summed E-state index contributed by atoms with van der Waals surface area (Å²) in [5.74, 6) is -1.12. The van der Waals surface area contributed by atoms with Crippen LogP contribution in [0.5, 0.6) is 0 Å². The molecule has 3 aromatic rings. The molecule has 2 aromatic carbocycles. The first kappa shape index (κ1) is 31.4. The van der Waals surface area contributed by atoms with Crippen LogP contribution in [0.2, 0.25) is 0 Å². The number of anilines is 1. The van der Waals surface area contributed by atoms with Crippen molar-refractivity contribution in [2.45, 2.75) is 27.9 Å². The van der Waals surface area contributed by atoms with Gasteiger partial charge in [0.05, 0.1) is 30.0 Å². The Morgan fingerprint density at radius 1 is 0.976 bits per heavy atom. The third kappa shape index (κ3) is 8.26. The van der Waals surface area contributed by atoms with Crippen molar-refractivity contribution in [3.8, 4) is 0 Å². The van der Waals surface area contributed by atoms with Crippen LogP contribution in [0.25, 0.3) is 6.08 Å². The lowest BCUT2D eigenvalue weighted by Crippen LogP contribution is -2.39. The second-order valence-corrected chi connectivity index (χ2v) is 11.8. The minimum atomic E-state index is -5.41. The highest BCUT2D eigenvalue weighted by molar-refractivity contribution is 7.99. The highest BCUT2D eigenvalue weighted by atomic mass is 32.2. The van der Waals surface area contributed by atoms with Crippen LogP contribution >= 0.6 is 11.8 Å². The van der Waals surface area contributed by atoms with Crippen molar-refractivity contribution in [2.75, 3.05) is 31.0 Å². The van der Waals surface area contributed by atoms with E-state index in [1.807, 2.05) is 0 Å². The Morgan fingerprint density at radius 3 is 2.33 bits per heavy atom. The lowest BCUT2D eigenvalue weighted by Gasteiger charge is -2.25. The van der Waals surface area contributed by atoms with Crippen molar-refractivity contribution in [1.82, 2.24) is 9.88 Å². The summed E-state index contributed by atoms with van der Waals surface area (Å²) >= 11 is 0.391. The summed E-state index contributed by atoms with van der Waals surface area (Å²) in [5, 5.41) is 0. The van der Waals surface area contributed by atoms with Crippen molar-refractivity contribution in [2.24, 2.45) is 0 Å². The predicted molar refractivity (Wildman–Crippen MR) is 144 cm³/mol. The van der Waals surface area contributed by atoms with Crippen LogP contribution in [-0.2, 0) is 37.7 Å². The van der Waals surface area contributed by atoms with Crippen LogP contribution in [0.1, 0.15) is 22.4 Å². The number of alkyl halides is 6. The van der Waals surface area contributed by atoms with Gasteiger partial charge < -0.3 is 9.64 Å². The van der Waals surface area contributed by atoms with Crippen LogP contribution in [-0.4, -0.2) is 50.5 Å². The number of carbonyl (C=O) groups excluding carboxylic acids is 1. The molecule has 7 nitrogen and oxygen atoms in total. The SMILES string of the molecule is O=C(C=Cc1ccc(Sc2cccc(NS(=O)(=O)Cc3ccccn3)c2)c(C(F)(F)F)c1C(F)(F)F)N1CCOCC1. The summed E-state index contributed by atoms with van der Waals surface area (Å²) in [7, 11) is -3.96. The number of pyridine rings is 1. The average molecular weight is 632 g/mol. The number of morpholine rings is 1. The van der Waals surface area contributed by atoms with E-state index in [1.165, 1.54) is 41.4 Å². The largest absolute Gasteiger partial charge is 0.418 e. The number of amides is 1. The molecule has 15 heteroatoms. The van der Waals surface area contributed by atoms with E-state index in [9.17, 15) is 39.6 Å². The standard InChI is InChI=1S/C27H23F6N3O4S2/c28-26(29,30)24-18(8-10-23(37)36-12-14-40-15-13-36)7-9-22(25(24)27(31,32)33)41-21-6-3-5-19(16-21)35-42(38,39)17-20-4-1-2-11-34-20/h1-11,16,35H,12-15,17H2. The Hall–Kier alpha value is -3.56. The molecule has 0 saturated carbocycles. The van der Waals surface area contributed by atoms with Gasteiger partial charge in [-0.2, -0.15) is 26.3 Å². The Bertz CT molecular complexity index is 1560. The number of halogens is 6. The Morgan fingerprint density at radius 2 is 1.69 bits per heavy atom. The van der Waals surface area contributed by atoms with E-state index in [-0.39, 0.29) is 42.6 Å². The average Bonchev–Trinajstić information content (AvgIpc) is 2.91. The van der Waals surface area contributed by atoms with E-state index in [4.69, 9.17) is 4.74 Å². The third-order valence-electron chi connectivity index (χ3n) is 5.89. The molecule has 1 fully saturated rings. The van der Waals surface area contributed by atoms with Gasteiger partial charge in [-0.1, -0.05) is 30.0 Å². The maximum absolute atomic E-state index is 14.2. The van der Waals surface area contributed by atoms with Gasteiger partial charge >= 0.3 is 12.4 Å². The number of nitrogens with one attached hydrogen (secondary N) is 1. The third-order valence-corrected chi connectivity index (χ3v) is 8.17. The van der Waals surface area contributed by atoms with Gasteiger partial charge in [-0.05, 0) is 48.0 Å². The molecular weight excluding hydrogens is 608 g/mol. The highest BCUT2D eigenvalue weighted by Gasteiger charge is 2.46. The summed E-state index contributed by atoms with van der Waals surface area (Å²) in [6.07, 6.45) is -7.87. The first-order valence-electron chi connectivity index (χ1n) is 12.3. The Labute approximate surface area is 241 Å². The van der Waals surface area contributed by atoms with Crippen LogP contribution in [0.3, 0.4) is 0 Å². The maximum Gasteiger partial charge on any atom is 0.418 e. The summed E-state index contributed by atoms with van der Waals surface area (Å²) in [6, 6.07) is 11.7. The molecule has 0 aliphatic carbocycles. The fourth-order valence-corrected chi connectivity index (χ4v) is 6.27. The van der Waals surface area contributed by atoms with Gasteiger partial charge in [0.25, 0.3) is 0 Å². The van der Waals surface area contributed by atoms with E-state index < -0.39 is 55.6 Å². The van der Waals surface area contributed by atoms with E-state index in [0.29, 0.717) is 11.8 Å². The molecule has 0 radical (unpaired) electrons. The van der Waals surface area contributed by atoms with Crippen LogP contribution in [0.4, 0.5) is 32.0 Å². The molecule has 1 amide bonds. The number of nitrogens with zero attached hydrogens (tertiary/aromatic N) is 2. The van der Waals surface area contributed by atoms with Crippen molar-refractivity contribution in [3.63, 3.8) is 0 Å². The molecular formula is C27H23F6N3O4S2. The minimum absolute atomic E-state index is 0.00159. The van der Waals surface area contributed by atoms with Crippen molar-refractivity contribution >= 4 is 39.5 Å². The lowest BCUT2D eigenvalue weighted by atomic mass is 9.99. The molecule has 224 valence electrons. The zero-order chi connectivity index (χ0) is 30.5. The molecule has 4 rings (SSSR count). The number of sulfonamides is 1. The summed E-state index contributed by atoms with van der Waals surface area (Å²) in [4.78, 5) is 16.9. The molecule has 0 atom stereocenters. The van der Waals surface area contributed by atoms with Gasteiger partial charge in [0.15, 0.2) is 0 Å². The van der Waals surface area contributed by atoms with Crippen molar-refractivity contribution in [3.05, 3.63) is 89.3 Å². The van der Waals surface area contributed by atoms with Gasteiger partial charge in [0.1, 0.15) is 5.75 Å². The van der Waals surface area contributed by atoms with Crippen LogP contribution in [0, 0.1) is 0 Å². The van der Waals surface area contributed by atoms with E-state index in [1.54, 1.807) is 12.1 Å². The number of hydrogen-bond donors (Lipinski definition) is 1. The van der Waals surface area contributed by atoms with Gasteiger partial charge in [0, 0.05) is 40.8 Å². The first-order chi connectivity index (χ1) is 19.7. The lowest BCUT2D eigenvalue weighted by molar-refractivity contribution is -0.163. The zero-order valence-electron chi connectivity index (χ0n) is 21.6. The number of benzene rings is 2. The van der Waals surface area contributed by atoms with Gasteiger partial charge in [-0.25, -0.2) is 8.42 Å². The molecule has 2 heterocycles. The van der Waals surface area contributed by atoms with E-state index >= 15 is 0 Å². The Balaban J connectivity index is 1.65. The number of aromatic nitrogens is 1. The molecule has 1 aliphatic rings. The fourth-order valence-electron chi connectivity index (χ4n) is 4.10. The molecule has 0 unspecified atom stereocenters. The second kappa shape index (κ2) is 12.8. The number of carbonyl (C=O) groups is 1. The monoisotopic (exact) mass is 631 g/mol. The fraction of sp³-hybridized carbons (Fsp3) is 0.259. The summed E-state index contributed by atoms with van der Waals surface area (Å²) in [6.45, 7) is 0.892. The summed E-state index contributed by atoms with van der Waals surface area (Å²) in [5.41, 5.74) is -4.41. The van der Waals surface area contributed by atoms with Crippen LogP contribution in [0.15, 0.2) is 76.7 Å². The number of hydrogen-bond acceptors (Lipinski definition) is 6. The summed E-state index contributed by atoms with van der Waals surface area (Å²) < 4.78 is 118. The molecule has 1 aliphatic heterocycles. The number of ether oxygens (including phenoxy) is 1. The normalized spacial score (nSPS) is 14.8. The molecule has 1 N–H and O–H groups in total. The molecule has 1 saturated heterocycles. The maximum atomic E-state index is 14.2. The topological polar surface area (TPSA) is 88.6 Å². The highest BCUT2D eigenvalue weighted by Crippen LogP contribution is 2.48. The van der Waals surface area contributed by atoms with Gasteiger partial charge in [-0.3, -0.25) is 14.5 Å². The second-order valence-electron chi connectivity index (χ2n) is 8.98. The van der Waals surface area contributed by atoms with Crippen molar-refractivity contribution in [1.29, 1.82) is 0 Å².